The highest BCUT2D eigenvalue weighted by atomic mass is 28.4. The first-order valence-electron chi connectivity index (χ1n) is 39.3. The fourth-order valence-corrected chi connectivity index (χ4v) is 33.9. The highest BCUT2D eigenvalue weighted by Gasteiger charge is 2.66. The molecule has 0 radical (unpaired) electrons. The molecule has 0 amide bonds. The molecule has 5 fully saturated rings. The molecule has 0 unspecified atom stereocenters. The van der Waals surface area contributed by atoms with Crippen LogP contribution in [0.15, 0.2) is 85.0 Å². The van der Waals surface area contributed by atoms with Crippen LogP contribution in [0.4, 0.5) is 0 Å². The average Bonchev–Trinajstić information content (AvgIpc) is 0.749. The van der Waals surface area contributed by atoms with Gasteiger partial charge in [0.25, 0.3) is 8.32 Å². The van der Waals surface area contributed by atoms with E-state index in [9.17, 15) is 0 Å². The van der Waals surface area contributed by atoms with Crippen LogP contribution in [-0.2, 0) is 60.1 Å². The Kier molecular flexibility index (Phi) is 26.5. The zero-order chi connectivity index (χ0) is 74.3. The summed E-state index contributed by atoms with van der Waals surface area (Å²) in [5, 5.41) is 2.41. The molecule has 6 aliphatic heterocycles. The molecule has 0 aromatic heterocycles. The molecule has 100 heavy (non-hydrogen) atoms. The van der Waals surface area contributed by atoms with Gasteiger partial charge in [-0.1, -0.05) is 210 Å². The molecule has 8 rings (SSSR count). The van der Waals surface area contributed by atoms with E-state index in [1.165, 1.54) is 10.4 Å². The van der Waals surface area contributed by atoms with E-state index in [1.807, 2.05) is 6.92 Å². The van der Waals surface area contributed by atoms with E-state index >= 15 is 4.79 Å². The highest BCUT2D eigenvalue weighted by molar-refractivity contribution is 6.99. The third-order valence-corrected chi connectivity index (χ3v) is 51.1. The van der Waals surface area contributed by atoms with Crippen LogP contribution in [0.25, 0.3) is 0 Å². The monoisotopic (exact) mass is 1470 g/mol. The minimum Gasteiger partial charge on any atom is -0.456 e. The predicted octanol–water partition coefficient (Wildman–Crippen LogP) is 19.4. The SMILES string of the molecule is C/C=C/CC[C@@H]1O[C@@H]2C[C@@H]3O[C@H](CO[Si](C)(C)C(C)(C)C)[C@@](C)(O[Si](C)(C)C(C)(C)C)C=C[C@H]3O[C@@]2(C)C[C@@]1(C)OC(=O)C[C@H]1O[C@H]2C[C@H]3O[C@@H](CCCO[Si](c4ccccc4)(c4ccccc4)C(C)(C)C)C[C@H](O[Si](C(C)C)(C(C)C)C(C)C)[C@]3(C)O[C@]2(C)C[C@@H]1O[Si](CC)(CC)CC. The van der Waals surface area contributed by atoms with E-state index in [4.69, 9.17) is 55.3 Å². The number of rotatable bonds is 28. The van der Waals surface area contributed by atoms with Gasteiger partial charge in [0, 0.05) is 38.7 Å². The van der Waals surface area contributed by atoms with Crippen LogP contribution in [0.5, 0.6) is 0 Å². The Bertz CT molecular complexity index is 2960. The van der Waals surface area contributed by atoms with Gasteiger partial charge in [0.1, 0.15) is 29.0 Å². The summed E-state index contributed by atoms with van der Waals surface area (Å²) in [6.07, 6.45) is 10.6. The van der Waals surface area contributed by atoms with Gasteiger partial charge in [-0.2, -0.15) is 0 Å². The number of fused-ring (bicyclic) bond motifs is 4. The lowest BCUT2D eigenvalue weighted by molar-refractivity contribution is -0.353. The standard InChI is InChI=1S/C82H142O13Si5/c1-29-33-36-47-68-80(22,57-81(23)69(89-68)52-65-64(90-81)48-49-78(20,95-97(27,28)76(14,15)16)73(88-65)56-85-96(25,26)75(11,12)13)91-74(83)53-66-67(92-98(30-2,31-3)32-4)55-79(21)70(87-66)54-71-82(24,94-79)72(93-99(58(5)6,59(7)8)60(9)10)51-61(86-71)42-41-50-84-100(77(17,18)19,62-43-37-34-38-44-62)63-45-39-35-40-46-63/h29,33-35,37-40,43-46,48-49,58-61,64-73H,30-32,36,41-42,47,50-57H2,1-28H3/b33-29+/t61-,64+,65-,66+,67-,68-,69+,70-,71+,72-,73+,78-,79+,80+,81-,82+/m0/s1. The minimum atomic E-state index is -2.77. The molecule has 6 heterocycles. The van der Waals surface area contributed by atoms with Crippen molar-refractivity contribution in [2.45, 2.75) is 402 Å². The lowest BCUT2D eigenvalue weighted by atomic mass is 9.73. The molecular weight excluding hydrogens is 1330 g/mol. The molecule has 0 N–H and O–H groups in total. The van der Waals surface area contributed by atoms with Crippen LogP contribution in [-0.4, -0.2) is 156 Å². The highest BCUT2D eigenvalue weighted by Crippen LogP contribution is 2.56. The molecule has 6 aliphatic rings. The van der Waals surface area contributed by atoms with Crippen molar-refractivity contribution in [3.63, 3.8) is 0 Å². The van der Waals surface area contributed by atoms with Crippen molar-refractivity contribution in [1.82, 2.24) is 0 Å². The van der Waals surface area contributed by atoms with Gasteiger partial charge < -0.3 is 55.3 Å². The van der Waals surface area contributed by atoms with E-state index < -0.39 is 106 Å². The maximum absolute atomic E-state index is 15.5. The molecule has 2 aromatic rings. The van der Waals surface area contributed by atoms with Gasteiger partial charge in [-0.3, -0.25) is 4.79 Å². The number of esters is 1. The summed E-state index contributed by atoms with van der Waals surface area (Å²) in [7, 11) is -12.1. The van der Waals surface area contributed by atoms with Crippen LogP contribution in [0.1, 0.15) is 230 Å². The van der Waals surface area contributed by atoms with E-state index in [0.29, 0.717) is 61.9 Å². The lowest BCUT2D eigenvalue weighted by Gasteiger charge is -2.62. The zero-order valence-corrected chi connectivity index (χ0v) is 73.1. The fraction of sp³-hybridized carbons (Fsp3) is 0.793. The average molecular weight is 1480 g/mol. The smallest absolute Gasteiger partial charge is 0.309 e. The van der Waals surface area contributed by atoms with Gasteiger partial charge in [-0.25, -0.2) is 0 Å². The van der Waals surface area contributed by atoms with Gasteiger partial charge >= 0.3 is 5.97 Å². The Morgan fingerprint density at radius 1 is 0.650 bits per heavy atom. The van der Waals surface area contributed by atoms with Crippen molar-refractivity contribution >= 4 is 57.9 Å². The topological polar surface area (TPSA) is 128 Å². The van der Waals surface area contributed by atoms with Gasteiger partial charge in [-0.15, -0.1) is 0 Å². The number of carbonyl (C=O) groups is 1. The van der Waals surface area contributed by atoms with Crippen molar-refractivity contribution in [2.75, 3.05) is 13.2 Å². The predicted molar refractivity (Wildman–Crippen MR) is 422 cm³/mol. The fourth-order valence-electron chi connectivity index (χ4n) is 18.1. The summed E-state index contributed by atoms with van der Waals surface area (Å²) in [6.45, 7) is 65.0. The van der Waals surface area contributed by atoms with Crippen LogP contribution in [0.2, 0.25) is 76.1 Å². The summed E-state index contributed by atoms with van der Waals surface area (Å²) in [5.74, 6) is -0.334. The van der Waals surface area contributed by atoms with Gasteiger partial charge in [0.15, 0.2) is 25.0 Å². The van der Waals surface area contributed by atoms with Gasteiger partial charge in [0.05, 0.1) is 79.2 Å². The van der Waals surface area contributed by atoms with Crippen molar-refractivity contribution in [3.05, 3.63) is 85.0 Å². The Labute approximate surface area is 614 Å². The Morgan fingerprint density at radius 3 is 1.75 bits per heavy atom. The summed E-state index contributed by atoms with van der Waals surface area (Å²) < 4.78 is 89.9. The van der Waals surface area contributed by atoms with Crippen molar-refractivity contribution in [2.24, 2.45) is 0 Å². The summed E-state index contributed by atoms with van der Waals surface area (Å²) in [4.78, 5) is 15.5. The second-order valence-corrected chi connectivity index (χ2v) is 61.3. The summed E-state index contributed by atoms with van der Waals surface area (Å²) in [6, 6.07) is 24.7. The Morgan fingerprint density at radius 2 is 1.22 bits per heavy atom. The first-order valence-corrected chi connectivity index (χ1v) is 51.7. The van der Waals surface area contributed by atoms with Crippen LogP contribution in [0, 0.1) is 0 Å². The Hall–Kier alpha value is -1.97. The number of benzene rings is 2. The molecule has 568 valence electrons. The van der Waals surface area contributed by atoms with E-state index in [0.717, 1.165) is 43.8 Å². The number of hydrogen-bond acceptors (Lipinski definition) is 13. The molecule has 13 nitrogen and oxygen atoms in total. The number of carbonyl (C=O) groups excluding carboxylic acids is 1. The second-order valence-electron chi connectivity index (χ2n) is 37.4. The molecule has 18 heteroatoms. The number of hydrogen-bond donors (Lipinski definition) is 0. The van der Waals surface area contributed by atoms with E-state index in [-0.39, 0.29) is 58.0 Å². The van der Waals surface area contributed by atoms with E-state index in [1.54, 1.807) is 0 Å². The molecule has 5 saturated heterocycles. The molecule has 16 atom stereocenters. The van der Waals surface area contributed by atoms with Crippen LogP contribution >= 0.6 is 0 Å². The number of ether oxygens (including phenoxy) is 7. The molecule has 2 aromatic carbocycles. The number of allylic oxidation sites excluding steroid dienone is 2. The summed E-state index contributed by atoms with van der Waals surface area (Å²) in [5.41, 5.74) is -3.14. The lowest BCUT2D eigenvalue weighted by Crippen LogP contribution is -2.73. The van der Waals surface area contributed by atoms with Crippen LogP contribution in [0.3, 0.4) is 0 Å². The zero-order valence-electron chi connectivity index (χ0n) is 68.1. The molecule has 0 saturated carbocycles. The molecule has 0 aliphatic carbocycles. The largest absolute Gasteiger partial charge is 0.456 e. The molecular formula is C82H142O13Si5. The van der Waals surface area contributed by atoms with Crippen LogP contribution < -0.4 is 10.4 Å². The third kappa shape index (κ3) is 17.3. The van der Waals surface area contributed by atoms with Gasteiger partial charge in [-0.05, 0) is 154 Å². The summed E-state index contributed by atoms with van der Waals surface area (Å²) >= 11 is 0. The molecule has 0 bridgehead atoms. The quantitative estimate of drug-likeness (QED) is 0.0347. The van der Waals surface area contributed by atoms with E-state index in [2.05, 4.69) is 270 Å². The minimum absolute atomic E-state index is 0.0111. The van der Waals surface area contributed by atoms with Gasteiger partial charge in [0.2, 0.25) is 8.32 Å². The molecule has 0 spiro atoms. The normalized spacial score (nSPS) is 33.5. The first kappa shape index (κ1) is 83.7. The van der Waals surface area contributed by atoms with Crippen molar-refractivity contribution in [1.29, 1.82) is 0 Å². The van der Waals surface area contributed by atoms with Crippen molar-refractivity contribution < 1.29 is 60.1 Å². The maximum Gasteiger partial charge on any atom is 0.309 e. The Balaban J connectivity index is 1.08. The third-order valence-electron chi connectivity index (χ3n) is 26.3. The second kappa shape index (κ2) is 31.7. The van der Waals surface area contributed by atoms with Crippen molar-refractivity contribution in [3.8, 4) is 0 Å². The first-order chi connectivity index (χ1) is 46.3. The maximum atomic E-state index is 15.5.